The highest BCUT2D eigenvalue weighted by Gasteiger charge is 2.39. The molecule has 1 aromatic rings. The number of rotatable bonds is 2. The van der Waals surface area contributed by atoms with E-state index in [1.165, 1.54) is 5.06 Å². The summed E-state index contributed by atoms with van der Waals surface area (Å²) in [5.74, 6) is 0.663. The highest BCUT2D eigenvalue weighted by atomic mass is 16.5. The van der Waals surface area contributed by atoms with E-state index >= 15 is 0 Å². The van der Waals surface area contributed by atoms with E-state index < -0.39 is 0 Å². The highest BCUT2D eigenvalue weighted by molar-refractivity contribution is 5.16. The van der Waals surface area contributed by atoms with Gasteiger partial charge >= 0.3 is 0 Å². The molecule has 18 heavy (non-hydrogen) atoms. The van der Waals surface area contributed by atoms with E-state index in [9.17, 15) is 5.21 Å². The second kappa shape index (κ2) is 4.84. The average Bonchev–Trinajstić information content (AvgIpc) is 2.33. The summed E-state index contributed by atoms with van der Waals surface area (Å²) in [5, 5.41) is 11.3. The molecular weight excluding hydrogens is 232 g/mol. The molecule has 2 saturated heterocycles. The average molecular weight is 250 g/mol. The molecule has 1 aromatic heterocycles. The maximum atomic E-state index is 9.89. The van der Waals surface area contributed by atoms with Gasteiger partial charge in [-0.2, -0.15) is 5.06 Å². The summed E-state index contributed by atoms with van der Waals surface area (Å²) >= 11 is 0. The third kappa shape index (κ3) is 2.34. The van der Waals surface area contributed by atoms with Crippen molar-refractivity contribution in [1.82, 2.24) is 10.0 Å². The molecule has 0 aliphatic carbocycles. The molecule has 3 atom stereocenters. The van der Waals surface area contributed by atoms with Crippen molar-refractivity contribution in [1.29, 1.82) is 0 Å². The van der Waals surface area contributed by atoms with Gasteiger partial charge in [-0.3, -0.25) is 0 Å². The number of hydrogen-bond acceptors (Lipinski definition) is 5. The van der Waals surface area contributed by atoms with Crippen LogP contribution in [0, 0.1) is 6.92 Å². The quantitative estimate of drug-likeness (QED) is 0.859. The molecule has 2 aliphatic heterocycles. The molecule has 1 N–H and O–H groups in total. The molecule has 2 aliphatic rings. The lowest BCUT2D eigenvalue weighted by Gasteiger charge is -2.44. The van der Waals surface area contributed by atoms with E-state index in [1.54, 1.807) is 6.20 Å². The Morgan fingerprint density at radius 2 is 2.06 bits per heavy atom. The molecule has 0 saturated carbocycles. The Bertz CT molecular complexity index is 395. The Balaban J connectivity index is 1.66. The fourth-order valence-electron chi connectivity index (χ4n) is 2.64. The van der Waals surface area contributed by atoms with E-state index in [0.717, 1.165) is 18.4 Å². The van der Waals surface area contributed by atoms with Crippen LogP contribution in [0.3, 0.4) is 0 Å². The monoisotopic (exact) mass is 250 g/mol. The van der Waals surface area contributed by atoms with E-state index in [0.29, 0.717) is 19.1 Å². The van der Waals surface area contributed by atoms with Crippen LogP contribution in [0.2, 0.25) is 0 Å². The number of aromatic nitrogens is 1. The van der Waals surface area contributed by atoms with Crippen LogP contribution in [-0.4, -0.2) is 46.7 Å². The second-order valence-electron chi connectivity index (χ2n) is 5.11. The van der Waals surface area contributed by atoms with Crippen LogP contribution in [0.25, 0.3) is 0 Å². The SMILES string of the molecule is Cc1ccc(OC2C[C@H]3COC[C@@H](C2)N3O)nc1. The minimum atomic E-state index is 0.0490. The molecule has 2 fully saturated rings. The van der Waals surface area contributed by atoms with Crippen molar-refractivity contribution in [3.63, 3.8) is 0 Å². The molecule has 98 valence electrons. The Kier molecular flexibility index (Phi) is 3.20. The first-order valence-electron chi connectivity index (χ1n) is 6.36. The van der Waals surface area contributed by atoms with Gasteiger partial charge in [0, 0.05) is 25.1 Å². The Morgan fingerprint density at radius 3 is 2.67 bits per heavy atom. The van der Waals surface area contributed by atoms with Crippen LogP contribution in [0.4, 0.5) is 0 Å². The first kappa shape index (κ1) is 11.9. The summed E-state index contributed by atoms with van der Waals surface area (Å²) in [6.45, 7) is 3.16. The van der Waals surface area contributed by atoms with Gasteiger partial charge in [0.2, 0.25) is 5.88 Å². The number of piperidine rings is 1. The number of nitrogens with zero attached hydrogens (tertiary/aromatic N) is 2. The Hall–Kier alpha value is -1.17. The number of ether oxygens (including phenoxy) is 2. The van der Waals surface area contributed by atoms with Gasteiger partial charge in [-0.25, -0.2) is 4.98 Å². The van der Waals surface area contributed by atoms with E-state index in [4.69, 9.17) is 9.47 Å². The van der Waals surface area contributed by atoms with Crippen LogP contribution in [0.15, 0.2) is 18.3 Å². The Morgan fingerprint density at radius 1 is 1.33 bits per heavy atom. The normalized spacial score (nSPS) is 32.2. The summed E-state index contributed by atoms with van der Waals surface area (Å²) in [6, 6.07) is 3.99. The minimum absolute atomic E-state index is 0.0490. The first-order chi connectivity index (χ1) is 8.72. The van der Waals surface area contributed by atoms with Gasteiger partial charge in [0.15, 0.2) is 0 Å². The lowest BCUT2D eigenvalue weighted by Crippen LogP contribution is -2.57. The van der Waals surface area contributed by atoms with Crippen molar-refractivity contribution >= 4 is 0 Å². The number of hydrogen-bond donors (Lipinski definition) is 1. The van der Waals surface area contributed by atoms with Crippen LogP contribution >= 0.6 is 0 Å². The lowest BCUT2D eigenvalue weighted by atomic mass is 9.94. The molecule has 5 heteroatoms. The summed E-state index contributed by atoms with van der Waals surface area (Å²) in [5.41, 5.74) is 1.12. The predicted octanol–water partition coefficient (Wildman–Crippen LogP) is 1.39. The number of fused-ring (bicyclic) bond motifs is 2. The molecule has 5 nitrogen and oxygen atoms in total. The summed E-state index contributed by atoms with van der Waals surface area (Å²) in [7, 11) is 0. The third-order valence-electron chi connectivity index (χ3n) is 3.61. The highest BCUT2D eigenvalue weighted by Crippen LogP contribution is 2.28. The van der Waals surface area contributed by atoms with Crippen LogP contribution in [0.5, 0.6) is 5.88 Å². The fourth-order valence-corrected chi connectivity index (χ4v) is 2.64. The first-order valence-corrected chi connectivity index (χ1v) is 6.36. The maximum Gasteiger partial charge on any atom is 0.213 e. The molecular formula is C13H18N2O3. The van der Waals surface area contributed by atoms with Gasteiger partial charge in [0.05, 0.1) is 25.3 Å². The van der Waals surface area contributed by atoms with Gasteiger partial charge in [-0.15, -0.1) is 0 Å². The van der Waals surface area contributed by atoms with Gasteiger partial charge < -0.3 is 14.7 Å². The van der Waals surface area contributed by atoms with Crippen molar-refractivity contribution < 1.29 is 14.7 Å². The number of morpholine rings is 1. The molecule has 0 aromatic carbocycles. The molecule has 3 heterocycles. The standard InChI is InChI=1S/C13H18N2O3/c1-9-2-3-13(14-6-9)18-12-4-10-7-17-8-11(5-12)15(10)16/h2-3,6,10-12,16H,4-5,7-8H2,1H3/t10-,11+,12?. The number of hydroxylamine groups is 2. The Labute approximate surface area is 106 Å². The van der Waals surface area contributed by atoms with E-state index in [-0.39, 0.29) is 18.2 Å². The summed E-state index contributed by atoms with van der Waals surface area (Å²) in [4.78, 5) is 4.26. The molecule has 0 spiro atoms. The minimum Gasteiger partial charge on any atom is -0.474 e. The van der Waals surface area contributed by atoms with E-state index in [2.05, 4.69) is 4.98 Å². The molecule has 3 rings (SSSR count). The summed E-state index contributed by atoms with van der Waals surface area (Å²) in [6.07, 6.45) is 3.48. The lowest BCUT2D eigenvalue weighted by molar-refractivity contribution is -0.242. The zero-order valence-corrected chi connectivity index (χ0v) is 10.5. The van der Waals surface area contributed by atoms with Gasteiger partial charge in [0.25, 0.3) is 0 Å². The van der Waals surface area contributed by atoms with Crippen LogP contribution < -0.4 is 4.74 Å². The van der Waals surface area contributed by atoms with Crippen LogP contribution in [-0.2, 0) is 4.74 Å². The van der Waals surface area contributed by atoms with Crippen molar-refractivity contribution in [2.45, 2.75) is 38.0 Å². The van der Waals surface area contributed by atoms with Crippen molar-refractivity contribution in [2.75, 3.05) is 13.2 Å². The topological polar surface area (TPSA) is 54.8 Å². The van der Waals surface area contributed by atoms with Crippen LogP contribution in [0.1, 0.15) is 18.4 Å². The molecule has 1 unspecified atom stereocenters. The van der Waals surface area contributed by atoms with E-state index in [1.807, 2.05) is 19.1 Å². The zero-order valence-electron chi connectivity index (χ0n) is 10.5. The zero-order chi connectivity index (χ0) is 12.5. The van der Waals surface area contributed by atoms with Crippen molar-refractivity contribution in [3.8, 4) is 5.88 Å². The fraction of sp³-hybridized carbons (Fsp3) is 0.615. The second-order valence-corrected chi connectivity index (χ2v) is 5.11. The number of aryl methyl sites for hydroxylation is 1. The molecule has 2 bridgehead atoms. The third-order valence-corrected chi connectivity index (χ3v) is 3.61. The maximum absolute atomic E-state index is 9.89. The van der Waals surface area contributed by atoms with Crippen molar-refractivity contribution in [2.24, 2.45) is 0 Å². The van der Waals surface area contributed by atoms with Gasteiger partial charge in [0.1, 0.15) is 6.10 Å². The van der Waals surface area contributed by atoms with Gasteiger partial charge in [-0.1, -0.05) is 6.07 Å². The predicted molar refractivity (Wildman–Crippen MR) is 64.6 cm³/mol. The van der Waals surface area contributed by atoms with Gasteiger partial charge in [-0.05, 0) is 12.5 Å². The number of pyridine rings is 1. The van der Waals surface area contributed by atoms with Crippen molar-refractivity contribution in [3.05, 3.63) is 23.9 Å². The molecule has 0 amide bonds. The summed E-state index contributed by atoms with van der Waals surface area (Å²) < 4.78 is 11.3. The smallest absolute Gasteiger partial charge is 0.213 e. The molecule has 0 radical (unpaired) electrons. The largest absolute Gasteiger partial charge is 0.474 e.